The van der Waals surface area contributed by atoms with Gasteiger partial charge in [0.2, 0.25) is 5.91 Å². The first-order chi connectivity index (χ1) is 13.1. The fourth-order valence-electron chi connectivity index (χ4n) is 3.41. The Balaban J connectivity index is 1.60. The van der Waals surface area contributed by atoms with Gasteiger partial charge in [-0.25, -0.2) is 0 Å². The second kappa shape index (κ2) is 7.07. The molecule has 27 heavy (non-hydrogen) atoms. The maximum absolute atomic E-state index is 12.9. The lowest BCUT2D eigenvalue weighted by Gasteiger charge is -2.26. The highest BCUT2D eigenvalue weighted by Gasteiger charge is 2.30. The Bertz CT molecular complexity index is 994. The van der Waals surface area contributed by atoms with E-state index in [9.17, 15) is 9.59 Å². The molecule has 0 saturated carbocycles. The lowest BCUT2D eigenvalue weighted by atomic mass is 9.95. The summed E-state index contributed by atoms with van der Waals surface area (Å²) in [6.07, 6.45) is 2.15. The Morgan fingerprint density at radius 1 is 1.19 bits per heavy atom. The minimum atomic E-state index is -0.702. The van der Waals surface area contributed by atoms with Crippen molar-refractivity contribution in [2.45, 2.75) is 19.0 Å². The van der Waals surface area contributed by atoms with Gasteiger partial charge >= 0.3 is 0 Å². The van der Waals surface area contributed by atoms with Crippen LogP contribution in [0, 0.1) is 0 Å². The molecule has 0 fully saturated rings. The maximum atomic E-state index is 12.9. The molecule has 1 aliphatic rings. The van der Waals surface area contributed by atoms with E-state index in [4.69, 9.17) is 0 Å². The molecule has 3 aromatic rings. The van der Waals surface area contributed by atoms with Crippen molar-refractivity contribution in [2.24, 2.45) is 7.05 Å². The summed E-state index contributed by atoms with van der Waals surface area (Å²) in [5, 5.41) is 9.95. The standard InChI is InChI=1S/C21H20N4O2/c1-25-18(11-14-7-3-2-4-8-14)17(13-23-25)20(26)24-19-16-10-6-5-9-15(16)12-22-21(19)27/h2-10,13,19H,11-12H2,1H3,(H,22,27)(H,24,26). The van der Waals surface area contributed by atoms with E-state index in [0.717, 1.165) is 22.4 Å². The van der Waals surface area contributed by atoms with E-state index in [1.807, 2.05) is 61.6 Å². The number of carbonyl (C=O) groups excluding carboxylic acids is 2. The third-order valence-corrected chi connectivity index (χ3v) is 4.88. The van der Waals surface area contributed by atoms with Crippen molar-refractivity contribution in [3.8, 4) is 0 Å². The van der Waals surface area contributed by atoms with Crippen LogP contribution in [0.3, 0.4) is 0 Å². The summed E-state index contributed by atoms with van der Waals surface area (Å²) >= 11 is 0. The zero-order chi connectivity index (χ0) is 18.8. The highest BCUT2D eigenvalue weighted by Crippen LogP contribution is 2.23. The van der Waals surface area contributed by atoms with Gasteiger partial charge in [0.1, 0.15) is 6.04 Å². The fourth-order valence-corrected chi connectivity index (χ4v) is 3.41. The number of carbonyl (C=O) groups is 2. The molecule has 1 atom stereocenters. The van der Waals surface area contributed by atoms with Crippen LogP contribution in [0.5, 0.6) is 0 Å². The molecule has 136 valence electrons. The molecule has 1 aromatic heterocycles. The van der Waals surface area contributed by atoms with Gasteiger partial charge in [0.05, 0.1) is 17.5 Å². The van der Waals surface area contributed by atoms with E-state index in [-0.39, 0.29) is 11.8 Å². The zero-order valence-electron chi connectivity index (χ0n) is 15.0. The van der Waals surface area contributed by atoms with Gasteiger partial charge in [0.25, 0.3) is 5.91 Å². The Morgan fingerprint density at radius 2 is 1.93 bits per heavy atom. The first-order valence-corrected chi connectivity index (χ1v) is 8.84. The Kier molecular flexibility index (Phi) is 4.46. The summed E-state index contributed by atoms with van der Waals surface area (Å²) in [7, 11) is 1.82. The van der Waals surface area contributed by atoms with Gasteiger partial charge < -0.3 is 10.6 Å². The molecular formula is C21H20N4O2. The molecule has 0 aliphatic carbocycles. The van der Waals surface area contributed by atoms with Crippen LogP contribution in [0.1, 0.15) is 38.8 Å². The van der Waals surface area contributed by atoms with Crippen LogP contribution >= 0.6 is 0 Å². The average molecular weight is 360 g/mol. The molecule has 6 nitrogen and oxygen atoms in total. The highest BCUT2D eigenvalue weighted by atomic mass is 16.2. The van der Waals surface area contributed by atoms with E-state index < -0.39 is 6.04 Å². The quantitative estimate of drug-likeness (QED) is 0.748. The van der Waals surface area contributed by atoms with Crippen molar-refractivity contribution in [3.63, 3.8) is 0 Å². The Labute approximate surface area is 157 Å². The van der Waals surface area contributed by atoms with Gasteiger partial charge in [-0.3, -0.25) is 14.3 Å². The van der Waals surface area contributed by atoms with Gasteiger partial charge in [0, 0.05) is 20.0 Å². The molecule has 2 heterocycles. The Hall–Kier alpha value is -3.41. The first kappa shape index (κ1) is 17.0. The summed E-state index contributed by atoms with van der Waals surface area (Å²) in [6, 6.07) is 16.9. The molecule has 0 spiro atoms. The van der Waals surface area contributed by atoms with E-state index in [1.54, 1.807) is 10.9 Å². The smallest absolute Gasteiger partial charge is 0.255 e. The molecule has 2 amide bonds. The normalized spacial score (nSPS) is 15.7. The van der Waals surface area contributed by atoms with Crippen molar-refractivity contribution in [1.29, 1.82) is 0 Å². The number of nitrogens with one attached hydrogen (secondary N) is 2. The van der Waals surface area contributed by atoms with E-state index in [0.29, 0.717) is 18.5 Å². The zero-order valence-corrected chi connectivity index (χ0v) is 15.0. The van der Waals surface area contributed by atoms with Crippen molar-refractivity contribution < 1.29 is 9.59 Å². The number of aromatic nitrogens is 2. The predicted molar refractivity (Wildman–Crippen MR) is 101 cm³/mol. The SMILES string of the molecule is Cn1ncc(C(=O)NC2C(=O)NCc3ccccc32)c1Cc1ccccc1. The Morgan fingerprint density at radius 3 is 2.74 bits per heavy atom. The molecule has 0 bridgehead atoms. The largest absolute Gasteiger partial charge is 0.350 e. The highest BCUT2D eigenvalue weighted by molar-refractivity contribution is 5.99. The average Bonchev–Trinajstić information content (AvgIpc) is 3.05. The molecule has 6 heteroatoms. The summed E-state index contributed by atoms with van der Waals surface area (Å²) in [5.41, 5.74) is 4.23. The molecule has 4 rings (SSSR count). The maximum Gasteiger partial charge on any atom is 0.255 e. The molecule has 2 N–H and O–H groups in total. The van der Waals surface area contributed by atoms with Crippen molar-refractivity contribution >= 4 is 11.8 Å². The third kappa shape index (κ3) is 3.33. The lowest BCUT2D eigenvalue weighted by molar-refractivity contribution is -0.123. The van der Waals surface area contributed by atoms with Crippen molar-refractivity contribution in [3.05, 3.63) is 88.7 Å². The predicted octanol–water partition coefficient (Wildman–Crippen LogP) is 2.11. The van der Waals surface area contributed by atoms with Crippen LogP contribution in [-0.4, -0.2) is 21.6 Å². The van der Waals surface area contributed by atoms with Crippen LogP contribution < -0.4 is 10.6 Å². The summed E-state index contributed by atoms with van der Waals surface area (Å²) in [6.45, 7) is 0.480. The van der Waals surface area contributed by atoms with Gasteiger partial charge in [-0.15, -0.1) is 0 Å². The monoisotopic (exact) mass is 360 g/mol. The summed E-state index contributed by atoms with van der Waals surface area (Å²) in [5.74, 6) is -0.499. The number of rotatable bonds is 4. The molecule has 0 radical (unpaired) electrons. The summed E-state index contributed by atoms with van der Waals surface area (Å²) < 4.78 is 1.71. The second-order valence-electron chi connectivity index (χ2n) is 6.61. The third-order valence-electron chi connectivity index (χ3n) is 4.88. The van der Waals surface area contributed by atoms with Crippen LogP contribution in [0.2, 0.25) is 0 Å². The minimum absolute atomic E-state index is 0.199. The number of fused-ring (bicyclic) bond motifs is 1. The van der Waals surface area contributed by atoms with Crippen molar-refractivity contribution in [1.82, 2.24) is 20.4 Å². The topological polar surface area (TPSA) is 76.0 Å². The number of hydrogen-bond donors (Lipinski definition) is 2. The lowest BCUT2D eigenvalue weighted by Crippen LogP contribution is -2.44. The van der Waals surface area contributed by atoms with Gasteiger partial charge in [0.15, 0.2) is 0 Å². The molecule has 0 saturated heterocycles. The van der Waals surface area contributed by atoms with Crippen LogP contribution in [0.25, 0.3) is 0 Å². The van der Waals surface area contributed by atoms with E-state index in [2.05, 4.69) is 15.7 Å². The second-order valence-corrected chi connectivity index (χ2v) is 6.61. The molecule has 2 aromatic carbocycles. The molecule has 1 unspecified atom stereocenters. The number of amides is 2. The van der Waals surface area contributed by atoms with Crippen molar-refractivity contribution in [2.75, 3.05) is 0 Å². The minimum Gasteiger partial charge on any atom is -0.350 e. The van der Waals surface area contributed by atoms with Gasteiger partial charge in [-0.2, -0.15) is 5.10 Å². The number of benzene rings is 2. The fraction of sp³-hybridized carbons (Fsp3) is 0.190. The van der Waals surface area contributed by atoms with Gasteiger partial charge in [-0.05, 0) is 16.7 Å². The number of hydrogen-bond acceptors (Lipinski definition) is 3. The van der Waals surface area contributed by atoms with Crippen LogP contribution in [0.15, 0.2) is 60.8 Å². The van der Waals surface area contributed by atoms with Gasteiger partial charge in [-0.1, -0.05) is 54.6 Å². The van der Waals surface area contributed by atoms with Crippen LogP contribution in [0.4, 0.5) is 0 Å². The molecular weight excluding hydrogens is 340 g/mol. The first-order valence-electron chi connectivity index (χ1n) is 8.84. The molecule has 1 aliphatic heterocycles. The van der Waals surface area contributed by atoms with Crippen LogP contribution in [-0.2, 0) is 24.8 Å². The number of aryl methyl sites for hydroxylation is 1. The van der Waals surface area contributed by atoms with E-state index in [1.165, 1.54) is 0 Å². The van der Waals surface area contributed by atoms with E-state index >= 15 is 0 Å². The number of nitrogens with zero attached hydrogens (tertiary/aromatic N) is 2. The summed E-state index contributed by atoms with van der Waals surface area (Å²) in [4.78, 5) is 25.3.